The molecule has 17 heavy (non-hydrogen) atoms. The van der Waals surface area contributed by atoms with Crippen molar-refractivity contribution < 1.29 is 18.7 Å². The molecule has 1 unspecified atom stereocenters. The fourth-order valence-electron chi connectivity index (χ4n) is 1.40. The van der Waals surface area contributed by atoms with Crippen LogP contribution in [-0.4, -0.2) is 25.0 Å². The molecule has 2 rings (SSSR count). The maximum absolute atomic E-state index is 13.7. The predicted molar refractivity (Wildman–Crippen MR) is 63.4 cm³/mol. The maximum atomic E-state index is 13.7. The summed E-state index contributed by atoms with van der Waals surface area (Å²) in [6.45, 7) is 7.83. The zero-order chi connectivity index (χ0) is 12.7. The summed E-state index contributed by atoms with van der Waals surface area (Å²) in [5.41, 5.74) is -0.800. The van der Waals surface area contributed by atoms with Crippen molar-refractivity contribution in [2.45, 2.75) is 12.1 Å². The first kappa shape index (κ1) is 13.2. The molecule has 2 aliphatic rings. The molecule has 1 aliphatic heterocycles. The third-order valence-electron chi connectivity index (χ3n) is 2.37. The Kier molecular flexibility index (Phi) is 4.69. The quantitative estimate of drug-likeness (QED) is 0.547. The molecule has 1 aliphatic carbocycles. The lowest BCUT2D eigenvalue weighted by atomic mass is 9.88. The van der Waals surface area contributed by atoms with Gasteiger partial charge in [-0.05, 0) is 11.6 Å². The average molecular weight is 238 g/mol. The van der Waals surface area contributed by atoms with Gasteiger partial charge in [-0.2, -0.15) is 0 Å². The van der Waals surface area contributed by atoms with Gasteiger partial charge in [0.05, 0.1) is 0 Å². The third-order valence-corrected chi connectivity index (χ3v) is 2.37. The molecule has 0 aromatic heterocycles. The number of halogens is 1. The van der Waals surface area contributed by atoms with Crippen LogP contribution in [0.15, 0.2) is 49.1 Å². The second-order valence-electron chi connectivity index (χ2n) is 3.47. The topological polar surface area (TPSA) is 35.5 Å². The molecule has 1 fully saturated rings. The van der Waals surface area contributed by atoms with Gasteiger partial charge in [-0.3, -0.25) is 0 Å². The fraction of sp³-hybridized carbons (Fsp3) is 0.308. The number of ether oxygens (including phenoxy) is 2. The molecule has 0 N–H and O–H groups in total. The summed E-state index contributed by atoms with van der Waals surface area (Å²) in [6.07, 6.45) is 8.02. The molecule has 1 atom stereocenters. The largest absolute Gasteiger partial charge is 0.508 e. The van der Waals surface area contributed by atoms with E-state index < -0.39 is 11.8 Å². The van der Waals surface area contributed by atoms with E-state index in [-0.39, 0.29) is 0 Å². The van der Waals surface area contributed by atoms with E-state index in [0.717, 1.165) is 0 Å². The normalized spacial score (nSPS) is 25.9. The van der Waals surface area contributed by atoms with E-state index in [9.17, 15) is 9.18 Å². The molecule has 0 aromatic rings. The Bertz CT molecular complexity index is 363. The van der Waals surface area contributed by atoms with E-state index in [0.29, 0.717) is 25.2 Å². The van der Waals surface area contributed by atoms with Crippen molar-refractivity contribution in [1.82, 2.24) is 0 Å². The van der Waals surface area contributed by atoms with Gasteiger partial charge in [0, 0.05) is 6.42 Å². The Morgan fingerprint density at radius 2 is 2.00 bits per heavy atom. The van der Waals surface area contributed by atoms with Crippen molar-refractivity contribution in [1.29, 1.82) is 0 Å². The first-order valence-corrected chi connectivity index (χ1v) is 5.24. The predicted octanol–water partition coefficient (Wildman–Crippen LogP) is 3.11. The van der Waals surface area contributed by atoms with E-state index in [1.807, 2.05) is 6.08 Å². The Hall–Kier alpha value is -1.84. The number of carbonyl (C=O) groups excluding carboxylic acids is 1. The van der Waals surface area contributed by atoms with Crippen molar-refractivity contribution in [2.75, 3.05) is 13.2 Å². The number of alkyl halides is 1. The van der Waals surface area contributed by atoms with Gasteiger partial charge in [0.1, 0.15) is 13.2 Å². The summed E-state index contributed by atoms with van der Waals surface area (Å²) in [5, 5.41) is 0. The first-order valence-electron chi connectivity index (χ1n) is 5.24. The van der Waals surface area contributed by atoms with Crippen LogP contribution in [0.5, 0.6) is 0 Å². The third kappa shape index (κ3) is 3.59. The second-order valence-corrected chi connectivity index (χ2v) is 3.47. The van der Waals surface area contributed by atoms with Crippen LogP contribution in [0.1, 0.15) is 6.42 Å². The van der Waals surface area contributed by atoms with Crippen LogP contribution in [0.4, 0.5) is 9.18 Å². The van der Waals surface area contributed by atoms with Crippen molar-refractivity contribution in [3.8, 4) is 0 Å². The second kappa shape index (κ2) is 6.03. The van der Waals surface area contributed by atoms with Gasteiger partial charge in [-0.15, -0.1) is 0 Å². The summed E-state index contributed by atoms with van der Waals surface area (Å²) in [5.74, 6) is 0. The molecular weight excluding hydrogens is 223 g/mol. The summed E-state index contributed by atoms with van der Waals surface area (Å²) in [7, 11) is 0. The summed E-state index contributed by atoms with van der Waals surface area (Å²) in [4.78, 5) is 9.80. The van der Waals surface area contributed by atoms with Gasteiger partial charge < -0.3 is 9.47 Å². The van der Waals surface area contributed by atoms with Crippen molar-refractivity contribution in [2.24, 2.45) is 0 Å². The minimum Gasteiger partial charge on any atom is -0.431 e. The average Bonchev–Trinajstić information content (AvgIpc) is 2.82. The number of hydrogen-bond donors (Lipinski definition) is 0. The van der Waals surface area contributed by atoms with E-state index in [2.05, 4.69) is 22.6 Å². The molecule has 92 valence electrons. The zero-order valence-corrected chi connectivity index (χ0v) is 9.52. The lowest BCUT2D eigenvalue weighted by molar-refractivity contribution is 0.131. The van der Waals surface area contributed by atoms with Crippen LogP contribution in [0, 0.1) is 0 Å². The van der Waals surface area contributed by atoms with E-state index in [1.54, 1.807) is 12.2 Å². The van der Waals surface area contributed by atoms with Crippen molar-refractivity contribution in [3.63, 3.8) is 0 Å². The van der Waals surface area contributed by atoms with Gasteiger partial charge in [0.25, 0.3) is 0 Å². The highest BCUT2D eigenvalue weighted by Crippen LogP contribution is 2.31. The van der Waals surface area contributed by atoms with Crippen molar-refractivity contribution >= 4 is 6.16 Å². The highest BCUT2D eigenvalue weighted by atomic mass is 19.1. The molecule has 0 spiro atoms. The molecule has 0 amide bonds. The Labute approximate surface area is 99.9 Å². The van der Waals surface area contributed by atoms with E-state index in [4.69, 9.17) is 0 Å². The molecule has 0 radical (unpaired) electrons. The molecule has 0 saturated carbocycles. The highest BCUT2D eigenvalue weighted by Gasteiger charge is 2.28. The number of carbonyl (C=O) groups is 1. The maximum Gasteiger partial charge on any atom is 0.508 e. The van der Waals surface area contributed by atoms with Gasteiger partial charge >= 0.3 is 6.16 Å². The summed E-state index contributed by atoms with van der Waals surface area (Å²) in [6, 6.07) is 0. The van der Waals surface area contributed by atoms with Crippen LogP contribution >= 0.6 is 0 Å². The van der Waals surface area contributed by atoms with E-state index >= 15 is 0 Å². The number of hydrogen-bond acceptors (Lipinski definition) is 3. The summed E-state index contributed by atoms with van der Waals surface area (Å²) < 4.78 is 22.2. The van der Waals surface area contributed by atoms with Gasteiger partial charge in [0.2, 0.25) is 0 Å². The Morgan fingerprint density at radius 3 is 2.35 bits per heavy atom. The smallest absolute Gasteiger partial charge is 0.431 e. The molecule has 4 heteroatoms. The van der Waals surface area contributed by atoms with Gasteiger partial charge in [-0.25, -0.2) is 9.18 Å². The van der Waals surface area contributed by atoms with Crippen LogP contribution in [0.2, 0.25) is 0 Å². The highest BCUT2D eigenvalue weighted by molar-refractivity contribution is 5.61. The van der Waals surface area contributed by atoms with Crippen LogP contribution < -0.4 is 0 Å². The van der Waals surface area contributed by atoms with Crippen LogP contribution in [0.3, 0.4) is 0 Å². The number of cyclic esters (lactones) is 2. The lowest BCUT2D eigenvalue weighted by Crippen LogP contribution is -2.22. The summed E-state index contributed by atoms with van der Waals surface area (Å²) >= 11 is 0. The minimum atomic E-state index is -1.39. The molecule has 3 nitrogen and oxygen atoms in total. The minimum absolute atomic E-state index is 0.369. The first-order chi connectivity index (χ1) is 8.12. The van der Waals surface area contributed by atoms with E-state index in [1.165, 1.54) is 12.2 Å². The molecule has 1 heterocycles. The zero-order valence-electron chi connectivity index (χ0n) is 9.52. The molecule has 1 saturated heterocycles. The van der Waals surface area contributed by atoms with Gasteiger partial charge in [0.15, 0.2) is 5.67 Å². The fourth-order valence-corrected chi connectivity index (χ4v) is 1.40. The van der Waals surface area contributed by atoms with Gasteiger partial charge in [-0.1, -0.05) is 37.5 Å². The molecular formula is C13H15FO3. The van der Waals surface area contributed by atoms with Crippen molar-refractivity contribution in [3.05, 3.63) is 49.1 Å². The van der Waals surface area contributed by atoms with Crippen LogP contribution in [0.25, 0.3) is 0 Å². The lowest BCUT2D eigenvalue weighted by Gasteiger charge is -2.23. The monoisotopic (exact) mass is 238 g/mol. The molecule has 0 aromatic carbocycles. The SMILES string of the molecule is C=CC1=CC=CCC1(F)C=C.O=C1OCCO1. The standard InChI is InChI=1S/C10H11F.C3H4O3/c1-3-9-7-5-6-8-10(9,11)4-2;4-3-5-1-2-6-3/h3-7H,1-2,8H2;1-2H2. The Balaban J connectivity index is 0.000000202. The molecule has 0 bridgehead atoms. The number of rotatable bonds is 2. The Morgan fingerprint density at radius 1 is 1.35 bits per heavy atom. The van der Waals surface area contributed by atoms with Crippen LogP contribution in [-0.2, 0) is 9.47 Å². The number of allylic oxidation sites excluding steroid dienone is 6.